The number of pyridine rings is 1. The van der Waals surface area contributed by atoms with Crippen molar-refractivity contribution in [3.8, 4) is 11.5 Å². The van der Waals surface area contributed by atoms with E-state index in [1.165, 1.54) is 6.20 Å². The van der Waals surface area contributed by atoms with Gasteiger partial charge in [-0.15, -0.1) is 0 Å². The van der Waals surface area contributed by atoms with Gasteiger partial charge in [0, 0.05) is 18.2 Å². The number of aromatic nitrogens is 3. The summed E-state index contributed by atoms with van der Waals surface area (Å²) in [5.41, 5.74) is 2.23. The molecule has 2 aromatic carbocycles. The van der Waals surface area contributed by atoms with Crippen LogP contribution in [0.4, 0.5) is 11.6 Å². The van der Waals surface area contributed by atoms with Crippen molar-refractivity contribution in [2.75, 3.05) is 12.4 Å². The van der Waals surface area contributed by atoms with Crippen LogP contribution in [-0.4, -0.2) is 33.0 Å². The molecule has 0 spiro atoms. The second kappa shape index (κ2) is 7.81. The summed E-state index contributed by atoms with van der Waals surface area (Å²) in [5, 5.41) is 13.6. The van der Waals surface area contributed by atoms with Crippen LogP contribution in [0.1, 0.15) is 33.8 Å². The highest BCUT2D eigenvalue weighted by Gasteiger charge is 2.30. The maximum atomic E-state index is 13.1. The second-order valence-electron chi connectivity index (χ2n) is 7.68. The standard InChI is InChI=1S/C24H20N4O4/c1-32-20-9-5-3-7-17(20)26-24-27-22-21(23(31)28-24)15-10-13(11-19(30)16(15)12-25-22)14-6-2-4-8-18(14)29/h2-9,12-13,29H,10-11H2,1H3,(H2,25,26,27,28,31). The summed E-state index contributed by atoms with van der Waals surface area (Å²) in [4.78, 5) is 37.4. The van der Waals surface area contributed by atoms with Crippen molar-refractivity contribution in [1.82, 2.24) is 15.0 Å². The van der Waals surface area contributed by atoms with Crippen molar-refractivity contribution in [2.24, 2.45) is 0 Å². The molecule has 2 aromatic heterocycles. The molecule has 1 aliphatic carbocycles. The maximum Gasteiger partial charge on any atom is 0.262 e. The van der Waals surface area contributed by atoms with Gasteiger partial charge in [-0.1, -0.05) is 30.3 Å². The molecule has 1 aliphatic rings. The first-order chi connectivity index (χ1) is 15.5. The van der Waals surface area contributed by atoms with Crippen molar-refractivity contribution < 1.29 is 14.6 Å². The summed E-state index contributed by atoms with van der Waals surface area (Å²) in [6, 6.07) is 14.2. The van der Waals surface area contributed by atoms with Crippen molar-refractivity contribution in [1.29, 1.82) is 0 Å². The number of phenols is 1. The number of Topliss-reactive ketones (excluding diaryl/α,β-unsaturated/α-hetero) is 1. The van der Waals surface area contributed by atoms with Gasteiger partial charge < -0.3 is 15.2 Å². The smallest absolute Gasteiger partial charge is 0.262 e. The number of rotatable bonds is 4. The minimum absolute atomic E-state index is 0.107. The van der Waals surface area contributed by atoms with Gasteiger partial charge in [0.1, 0.15) is 11.5 Å². The van der Waals surface area contributed by atoms with Gasteiger partial charge in [0.15, 0.2) is 11.4 Å². The molecule has 0 saturated carbocycles. The molecule has 0 fully saturated rings. The third kappa shape index (κ3) is 3.35. The van der Waals surface area contributed by atoms with Crippen LogP contribution >= 0.6 is 0 Å². The number of phenolic OH excluding ortho intramolecular Hbond substituents is 1. The van der Waals surface area contributed by atoms with E-state index in [2.05, 4.69) is 20.3 Å². The largest absolute Gasteiger partial charge is 0.508 e. The number of carbonyl (C=O) groups is 1. The molecule has 3 N–H and O–H groups in total. The van der Waals surface area contributed by atoms with Gasteiger partial charge in [-0.3, -0.25) is 14.6 Å². The number of H-pyrrole nitrogens is 1. The lowest BCUT2D eigenvalue weighted by Gasteiger charge is -2.25. The number of hydrogen-bond donors (Lipinski definition) is 3. The minimum Gasteiger partial charge on any atom is -0.508 e. The summed E-state index contributed by atoms with van der Waals surface area (Å²) in [6.07, 6.45) is 2.17. The molecule has 8 nitrogen and oxygen atoms in total. The zero-order chi connectivity index (χ0) is 22.2. The maximum absolute atomic E-state index is 13.1. The Morgan fingerprint density at radius 3 is 2.69 bits per heavy atom. The molecule has 0 bridgehead atoms. The number of para-hydroxylation sites is 3. The zero-order valence-electron chi connectivity index (χ0n) is 17.3. The highest BCUT2D eigenvalue weighted by molar-refractivity contribution is 6.02. The third-order valence-electron chi connectivity index (χ3n) is 5.76. The molecule has 1 unspecified atom stereocenters. The summed E-state index contributed by atoms with van der Waals surface area (Å²) in [7, 11) is 1.56. The summed E-state index contributed by atoms with van der Waals surface area (Å²) in [5.74, 6) is 0.628. The van der Waals surface area contributed by atoms with Crippen LogP contribution in [0.15, 0.2) is 59.5 Å². The average Bonchev–Trinajstić information content (AvgIpc) is 2.79. The third-order valence-corrected chi connectivity index (χ3v) is 5.76. The van der Waals surface area contributed by atoms with Crippen molar-refractivity contribution >= 4 is 28.5 Å². The Kier molecular flexibility index (Phi) is 4.82. The second-order valence-corrected chi connectivity index (χ2v) is 7.68. The molecular formula is C24H20N4O4. The molecule has 0 radical (unpaired) electrons. The highest BCUT2D eigenvalue weighted by atomic mass is 16.5. The van der Waals surface area contributed by atoms with Crippen molar-refractivity contribution in [2.45, 2.75) is 18.8 Å². The zero-order valence-corrected chi connectivity index (χ0v) is 17.3. The Morgan fingerprint density at radius 1 is 1.09 bits per heavy atom. The Morgan fingerprint density at radius 2 is 1.88 bits per heavy atom. The van der Waals surface area contributed by atoms with Gasteiger partial charge in [-0.05, 0) is 41.7 Å². The summed E-state index contributed by atoms with van der Waals surface area (Å²) in [6.45, 7) is 0. The average molecular weight is 428 g/mol. The molecule has 160 valence electrons. The van der Waals surface area contributed by atoms with Crippen LogP contribution < -0.4 is 15.6 Å². The normalized spacial score (nSPS) is 15.4. The molecular weight excluding hydrogens is 408 g/mol. The lowest BCUT2D eigenvalue weighted by molar-refractivity contribution is 0.0964. The van der Waals surface area contributed by atoms with Crippen molar-refractivity contribution in [3.05, 3.63) is 81.8 Å². The summed E-state index contributed by atoms with van der Waals surface area (Å²) < 4.78 is 5.33. The molecule has 4 aromatic rings. The number of ether oxygens (including phenoxy) is 1. The summed E-state index contributed by atoms with van der Waals surface area (Å²) >= 11 is 0. The lowest BCUT2D eigenvalue weighted by Crippen LogP contribution is -2.23. The monoisotopic (exact) mass is 428 g/mol. The Hall–Kier alpha value is -4.20. The van der Waals surface area contributed by atoms with Crippen LogP contribution in [0, 0.1) is 0 Å². The molecule has 8 heteroatoms. The van der Waals surface area contributed by atoms with E-state index in [0.717, 1.165) is 0 Å². The number of nitrogens with one attached hydrogen (secondary N) is 2. The fourth-order valence-corrected chi connectivity index (χ4v) is 4.26. The highest BCUT2D eigenvalue weighted by Crippen LogP contribution is 2.38. The fourth-order valence-electron chi connectivity index (χ4n) is 4.26. The van der Waals surface area contributed by atoms with Gasteiger partial charge in [-0.25, -0.2) is 4.98 Å². The van der Waals surface area contributed by atoms with Gasteiger partial charge in [0.05, 0.1) is 18.2 Å². The number of aromatic hydroxyl groups is 1. The molecule has 1 atom stereocenters. The number of hydrogen-bond acceptors (Lipinski definition) is 7. The predicted octanol–water partition coefficient (Wildman–Crippen LogP) is 3.69. The van der Waals surface area contributed by atoms with Gasteiger partial charge >= 0.3 is 0 Å². The number of ketones is 1. The molecule has 5 rings (SSSR count). The van der Waals surface area contributed by atoms with Crippen LogP contribution in [0.3, 0.4) is 0 Å². The fraction of sp³-hybridized carbons (Fsp3) is 0.167. The van der Waals surface area contributed by atoms with Gasteiger partial charge in [0.2, 0.25) is 5.95 Å². The molecule has 0 aliphatic heterocycles. The molecule has 0 amide bonds. The van der Waals surface area contributed by atoms with Crippen LogP contribution in [-0.2, 0) is 6.42 Å². The van der Waals surface area contributed by atoms with E-state index in [-0.39, 0.29) is 41.0 Å². The first-order valence-electron chi connectivity index (χ1n) is 10.2. The topological polar surface area (TPSA) is 117 Å². The Balaban J connectivity index is 1.58. The number of nitrogens with zero attached hydrogens (tertiary/aromatic N) is 2. The van der Waals surface area contributed by atoms with Gasteiger partial charge in [-0.2, -0.15) is 4.98 Å². The van der Waals surface area contributed by atoms with E-state index in [4.69, 9.17) is 4.74 Å². The number of fused-ring (bicyclic) bond motifs is 3. The quantitative estimate of drug-likeness (QED) is 0.454. The molecule has 0 saturated heterocycles. The Bertz CT molecular complexity index is 1410. The van der Waals surface area contributed by atoms with Gasteiger partial charge in [0.25, 0.3) is 5.56 Å². The lowest BCUT2D eigenvalue weighted by atomic mass is 9.79. The SMILES string of the molecule is COc1ccccc1Nc1nc2ncc3c(c2c(=O)[nH]1)CC(c1ccccc1O)CC3=O. The number of anilines is 2. The Labute approximate surface area is 182 Å². The predicted molar refractivity (Wildman–Crippen MR) is 120 cm³/mol. The van der Waals surface area contributed by atoms with Crippen molar-refractivity contribution in [3.63, 3.8) is 0 Å². The van der Waals surface area contributed by atoms with E-state index in [0.29, 0.717) is 39.9 Å². The minimum atomic E-state index is -0.387. The van der Waals surface area contributed by atoms with Crippen LogP contribution in [0.5, 0.6) is 11.5 Å². The van der Waals surface area contributed by atoms with E-state index in [9.17, 15) is 14.7 Å². The van der Waals surface area contributed by atoms with E-state index < -0.39 is 0 Å². The van der Waals surface area contributed by atoms with Crippen LogP contribution in [0.2, 0.25) is 0 Å². The van der Waals surface area contributed by atoms with Crippen LogP contribution in [0.25, 0.3) is 11.0 Å². The molecule has 2 heterocycles. The number of methoxy groups -OCH3 is 1. The number of benzene rings is 2. The van der Waals surface area contributed by atoms with E-state index in [1.807, 2.05) is 18.2 Å². The van der Waals surface area contributed by atoms with E-state index >= 15 is 0 Å². The number of carbonyl (C=O) groups excluding carboxylic acids is 1. The number of aromatic amines is 1. The first kappa shape index (κ1) is 19.7. The molecule has 32 heavy (non-hydrogen) atoms. The van der Waals surface area contributed by atoms with E-state index in [1.54, 1.807) is 37.4 Å². The first-order valence-corrected chi connectivity index (χ1v) is 10.2.